The quantitative estimate of drug-likeness (QED) is 0.762. The van der Waals surface area contributed by atoms with Crippen molar-refractivity contribution in [3.63, 3.8) is 0 Å². The fourth-order valence-corrected chi connectivity index (χ4v) is 2.05. The van der Waals surface area contributed by atoms with Crippen molar-refractivity contribution in [2.75, 3.05) is 24.3 Å². The predicted molar refractivity (Wildman–Crippen MR) is 89.8 cm³/mol. The molecule has 0 fully saturated rings. The van der Waals surface area contributed by atoms with Crippen LogP contribution in [0.15, 0.2) is 42.5 Å². The number of primary amides is 1. The lowest BCUT2D eigenvalue weighted by Gasteiger charge is -2.12. The molecule has 4 N–H and O–H groups in total. The van der Waals surface area contributed by atoms with E-state index in [-0.39, 0.29) is 12.5 Å². The number of rotatable bonds is 6. The van der Waals surface area contributed by atoms with Gasteiger partial charge in [0, 0.05) is 11.3 Å². The molecule has 23 heavy (non-hydrogen) atoms. The van der Waals surface area contributed by atoms with Crippen molar-refractivity contribution in [2.24, 2.45) is 5.73 Å². The number of hydrogen-bond donors (Lipinski definition) is 3. The molecule has 0 atom stereocenters. The van der Waals surface area contributed by atoms with Crippen LogP contribution in [0.5, 0.6) is 5.75 Å². The van der Waals surface area contributed by atoms with Gasteiger partial charge < -0.3 is 21.1 Å². The maximum absolute atomic E-state index is 12.0. The van der Waals surface area contributed by atoms with Crippen molar-refractivity contribution in [3.05, 3.63) is 53.6 Å². The van der Waals surface area contributed by atoms with Gasteiger partial charge in [-0.25, -0.2) is 0 Å². The Bertz CT molecular complexity index is 712. The average Bonchev–Trinajstić information content (AvgIpc) is 2.53. The summed E-state index contributed by atoms with van der Waals surface area (Å²) in [5.41, 5.74) is 7.97. The highest BCUT2D eigenvalue weighted by Gasteiger charge is 2.08. The van der Waals surface area contributed by atoms with E-state index in [1.54, 1.807) is 37.4 Å². The lowest BCUT2D eigenvalue weighted by Crippen LogP contribution is -2.22. The van der Waals surface area contributed by atoms with E-state index in [4.69, 9.17) is 10.5 Å². The second kappa shape index (κ2) is 7.31. The van der Waals surface area contributed by atoms with Gasteiger partial charge in [0.1, 0.15) is 5.75 Å². The highest BCUT2D eigenvalue weighted by atomic mass is 16.5. The summed E-state index contributed by atoms with van der Waals surface area (Å²) in [7, 11) is 1.55. The Labute approximate surface area is 134 Å². The van der Waals surface area contributed by atoms with Gasteiger partial charge in [0.2, 0.25) is 11.8 Å². The number of methoxy groups -OCH3 is 1. The minimum absolute atomic E-state index is 0.0903. The number of benzene rings is 2. The van der Waals surface area contributed by atoms with E-state index in [1.807, 2.05) is 19.1 Å². The number of nitrogens with one attached hydrogen (secondary N) is 2. The van der Waals surface area contributed by atoms with Crippen LogP contribution in [-0.4, -0.2) is 25.5 Å². The third-order valence-electron chi connectivity index (χ3n) is 3.25. The Morgan fingerprint density at radius 3 is 2.43 bits per heavy atom. The smallest absolute Gasteiger partial charge is 0.248 e. The second-order valence-electron chi connectivity index (χ2n) is 5.05. The summed E-state index contributed by atoms with van der Waals surface area (Å²) >= 11 is 0. The second-order valence-corrected chi connectivity index (χ2v) is 5.05. The minimum atomic E-state index is -0.485. The fourth-order valence-electron chi connectivity index (χ4n) is 2.05. The zero-order chi connectivity index (χ0) is 16.8. The summed E-state index contributed by atoms with van der Waals surface area (Å²) in [6.45, 7) is 2.03. The van der Waals surface area contributed by atoms with E-state index in [0.29, 0.717) is 17.0 Å². The Kier molecular flexibility index (Phi) is 5.19. The normalized spacial score (nSPS) is 10.0. The number of hydrogen-bond acceptors (Lipinski definition) is 4. The molecular weight excluding hydrogens is 294 g/mol. The Morgan fingerprint density at radius 2 is 1.83 bits per heavy atom. The molecule has 0 heterocycles. The molecule has 0 radical (unpaired) electrons. The number of carbonyl (C=O) groups excluding carboxylic acids is 2. The standard InChI is InChI=1S/C17H19N3O3/c1-11-3-8-15(23-2)14(9-11)20-16(21)10-19-13-6-4-12(5-7-13)17(18)22/h3-9,19H,10H2,1-2H3,(H2,18,22)(H,20,21). The summed E-state index contributed by atoms with van der Waals surface area (Å²) < 4.78 is 5.22. The molecule has 2 aromatic rings. The van der Waals surface area contributed by atoms with Gasteiger partial charge in [0.25, 0.3) is 0 Å². The largest absolute Gasteiger partial charge is 0.495 e. The topological polar surface area (TPSA) is 93.4 Å². The lowest BCUT2D eigenvalue weighted by molar-refractivity contribution is -0.114. The summed E-state index contributed by atoms with van der Waals surface area (Å²) in [6, 6.07) is 12.2. The van der Waals surface area contributed by atoms with Crippen molar-refractivity contribution >= 4 is 23.2 Å². The lowest BCUT2D eigenvalue weighted by atomic mass is 10.2. The number of anilines is 2. The molecule has 0 aliphatic rings. The van der Waals surface area contributed by atoms with Gasteiger partial charge in [-0.15, -0.1) is 0 Å². The molecule has 2 amide bonds. The van der Waals surface area contributed by atoms with Crippen LogP contribution in [0.4, 0.5) is 11.4 Å². The van der Waals surface area contributed by atoms with Crippen LogP contribution in [0.25, 0.3) is 0 Å². The molecule has 0 bridgehead atoms. The highest BCUT2D eigenvalue weighted by molar-refractivity contribution is 5.95. The molecule has 0 aliphatic carbocycles. The van der Waals surface area contributed by atoms with Crippen LogP contribution < -0.4 is 21.1 Å². The Morgan fingerprint density at radius 1 is 1.13 bits per heavy atom. The Balaban J connectivity index is 1.95. The summed E-state index contributed by atoms with van der Waals surface area (Å²) in [5, 5.41) is 5.78. The van der Waals surface area contributed by atoms with Crippen LogP contribution in [0.1, 0.15) is 15.9 Å². The van der Waals surface area contributed by atoms with Gasteiger partial charge in [-0.05, 0) is 48.9 Å². The SMILES string of the molecule is COc1ccc(C)cc1NC(=O)CNc1ccc(C(N)=O)cc1. The maximum Gasteiger partial charge on any atom is 0.248 e. The molecule has 6 nitrogen and oxygen atoms in total. The summed E-state index contributed by atoms with van der Waals surface area (Å²) in [5.74, 6) is -0.0801. The fraction of sp³-hybridized carbons (Fsp3) is 0.176. The Hall–Kier alpha value is -3.02. The molecule has 0 aromatic heterocycles. The minimum Gasteiger partial charge on any atom is -0.495 e. The van der Waals surface area contributed by atoms with E-state index in [0.717, 1.165) is 11.3 Å². The molecule has 2 rings (SSSR count). The first-order chi connectivity index (χ1) is 11.0. The van der Waals surface area contributed by atoms with Crippen LogP contribution in [0.3, 0.4) is 0 Å². The van der Waals surface area contributed by atoms with Gasteiger partial charge in [0.15, 0.2) is 0 Å². The predicted octanol–water partition coefficient (Wildman–Crippen LogP) is 2.15. The number of nitrogens with two attached hydrogens (primary N) is 1. The van der Waals surface area contributed by atoms with Crippen LogP contribution >= 0.6 is 0 Å². The van der Waals surface area contributed by atoms with Gasteiger partial charge in [-0.3, -0.25) is 9.59 Å². The zero-order valence-electron chi connectivity index (χ0n) is 13.1. The van der Waals surface area contributed by atoms with E-state index in [1.165, 1.54) is 0 Å². The molecule has 0 aliphatic heterocycles. The van der Waals surface area contributed by atoms with Crippen molar-refractivity contribution in [1.29, 1.82) is 0 Å². The van der Waals surface area contributed by atoms with Crippen LogP contribution in [0.2, 0.25) is 0 Å². The van der Waals surface area contributed by atoms with Gasteiger partial charge in [-0.1, -0.05) is 6.07 Å². The molecular formula is C17H19N3O3. The molecule has 0 spiro atoms. The monoisotopic (exact) mass is 313 g/mol. The van der Waals surface area contributed by atoms with Crippen LogP contribution in [-0.2, 0) is 4.79 Å². The third-order valence-corrected chi connectivity index (χ3v) is 3.25. The van der Waals surface area contributed by atoms with Gasteiger partial charge in [0.05, 0.1) is 19.3 Å². The van der Waals surface area contributed by atoms with Gasteiger partial charge in [-0.2, -0.15) is 0 Å². The van der Waals surface area contributed by atoms with Crippen molar-refractivity contribution in [1.82, 2.24) is 0 Å². The first-order valence-corrected chi connectivity index (χ1v) is 7.08. The molecule has 0 unspecified atom stereocenters. The van der Waals surface area contributed by atoms with E-state index in [9.17, 15) is 9.59 Å². The van der Waals surface area contributed by atoms with Crippen LogP contribution in [0, 0.1) is 6.92 Å². The maximum atomic E-state index is 12.0. The van der Waals surface area contributed by atoms with Crippen molar-refractivity contribution in [2.45, 2.75) is 6.92 Å². The van der Waals surface area contributed by atoms with E-state index >= 15 is 0 Å². The zero-order valence-corrected chi connectivity index (χ0v) is 13.1. The number of amides is 2. The third kappa shape index (κ3) is 4.47. The van der Waals surface area contributed by atoms with Crippen molar-refractivity contribution < 1.29 is 14.3 Å². The van der Waals surface area contributed by atoms with Crippen molar-refractivity contribution in [3.8, 4) is 5.75 Å². The average molecular weight is 313 g/mol. The molecule has 0 saturated carbocycles. The number of ether oxygens (including phenoxy) is 1. The summed E-state index contributed by atoms with van der Waals surface area (Å²) in [6.07, 6.45) is 0. The number of aryl methyl sites for hydroxylation is 1. The molecule has 6 heteroatoms. The molecule has 120 valence electrons. The first kappa shape index (κ1) is 16.4. The number of carbonyl (C=O) groups is 2. The first-order valence-electron chi connectivity index (χ1n) is 7.08. The van der Waals surface area contributed by atoms with E-state index in [2.05, 4.69) is 10.6 Å². The highest BCUT2D eigenvalue weighted by Crippen LogP contribution is 2.25. The molecule has 0 saturated heterocycles. The van der Waals surface area contributed by atoms with E-state index < -0.39 is 5.91 Å². The van der Waals surface area contributed by atoms with Gasteiger partial charge >= 0.3 is 0 Å². The molecule has 2 aromatic carbocycles. The summed E-state index contributed by atoms with van der Waals surface area (Å²) in [4.78, 5) is 23.0.